The van der Waals surface area contributed by atoms with Crippen molar-refractivity contribution >= 4 is 36.0 Å². The first-order chi connectivity index (χ1) is 13.7. The van der Waals surface area contributed by atoms with Crippen molar-refractivity contribution in [1.29, 1.82) is 0 Å². The number of guanidine groups is 1. The van der Waals surface area contributed by atoms with Gasteiger partial charge in [-0.2, -0.15) is 0 Å². The van der Waals surface area contributed by atoms with Crippen molar-refractivity contribution in [2.45, 2.75) is 84.5 Å². The molecular weight excluding hydrogens is 495 g/mol. The van der Waals surface area contributed by atoms with Gasteiger partial charge in [0.25, 0.3) is 0 Å². The zero-order valence-corrected chi connectivity index (χ0v) is 22.1. The zero-order valence-electron chi connectivity index (χ0n) is 19.8. The number of hydrogen-bond acceptors (Lipinski definition) is 4. The summed E-state index contributed by atoms with van der Waals surface area (Å²) in [5, 5.41) is 3.44. The zero-order chi connectivity index (χ0) is 21.4. The van der Waals surface area contributed by atoms with Crippen LogP contribution in [0.5, 0.6) is 0 Å². The van der Waals surface area contributed by atoms with Crippen LogP contribution in [0.25, 0.3) is 0 Å². The topological polar surface area (TPSA) is 66.4 Å². The molecule has 1 N–H and O–H groups in total. The van der Waals surface area contributed by atoms with E-state index in [1.807, 2.05) is 32.7 Å². The van der Waals surface area contributed by atoms with Gasteiger partial charge in [0.1, 0.15) is 5.60 Å². The first-order valence-electron chi connectivity index (χ1n) is 11.3. The van der Waals surface area contributed by atoms with E-state index in [-0.39, 0.29) is 42.2 Å². The molecule has 1 heterocycles. The standard InChI is InChI=1S/C22H42N4O3.HI/c1-17(2)28-15-7-12-24-20(23-6)25-13-10-19(11-14-25)26(16-18-8-9-18)21(27)29-22(3,4)5;/h17-19H,7-16H2,1-6H3,(H,23,24);1H. The van der Waals surface area contributed by atoms with Crippen molar-refractivity contribution in [3.05, 3.63) is 0 Å². The SMILES string of the molecule is CN=C(NCCCOC(C)C)N1CCC(N(CC2CC2)C(=O)OC(C)(C)C)CC1.I. The second kappa shape index (κ2) is 12.9. The molecule has 1 aliphatic heterocycles. The minimum atomic E-state index is -0.454. The van der Waals surface area contributed by atoms with Gasteiger partial charge in [-0.1, -0.05) is 0 Å². The average Bonchev–Trinajstić information content (AvgIpc) is 3.45. The summed E-state index contributed by atoms with van der Waals surface area (Å²) in [6, 6.07) is 0.249. The molecular formula is C22H43IN4O3. The average molecular weight is 539 g/mol. The predicted molar refractivity (Wildman–Crippen MR) is 133 cm³/mol. The number of nitrogens with one attached hydrogen (secondary N) is 1. The summed E-state index contributed by atoms with van der Waals surface area (Å²) in [7, 11) is 1.83. The highest BCUT2D eigenvalue weighted by Gasteiger charge is 2.35. The van der Waals surface area contributed by atoms with Crippen molar-refractivity contribution in [2.75, 3.05) is 39.8 Å². The van der Waals surface area contributed by atoms with Gasteiger partial charge >= 0.3 is 6.09 Å². The van der Waals surface area contributed by atoms with E-state index in [2.05, 4.69) is 29.1 Å². The smallest absolute Gasteiger partial charge is 0.410 e. The number of carbonyl (C=O) groups excluding carboxylic acids is 1. The lowest BCUT2D eigenvalue weighted by Gasteiger charge is -2.40. The van der Waals surface area contributed by atoms with Crippen molar-refractivity contribution in [2.24, 2.45) is 10.9 Å². The van der Waals surface area contributed by atoms with Crippen LogP contribution in [-0.4, -0.2) is 79.4 Å². The number of ether oxygens (including phenoxy) is 2. The molecule has 1 saturated carbocycles. The molecule has 0 aromatic carbocycles. The van der Waals surface area contributed by atoms with E-state index in [1.165, 1.54) is 12.8 Å². The molecule has 2 rings (SSSR count). The molecule has 0 bridgehead atoms. The molecule has 1 aliphatic carbocycles. The number of likely N-dealkylation sites (tertiary alicyclic amines) is 1. The minimum absolute atomic E-state index is 0. The van der Waals surface area contributed by atoms with Gasteiger partial charge in [0.05, 0.1) is 6.10 Å². The van der Waals surface area contributed by atoms with Crippen LogP contribution >= 0.6 is 24.0 Å². The number of aliphatic imine (C=N–C) groups is 1. The van der Waals surface area contributed by atoms with Gasteiger partial charge in [0.2, 0.25) is 0 Å². The third-order valence-electron chi connectivity index (χ3n) is 5.25. The number of amides is 1. The molecule has 176 valence electrons. The third-order valence-corrected chi connectivity index (χ3v) is 5.25. The van der Waals surface area contributed by atoms with Crippen LogP contribution in [0.3, 0.4) is 0 Å². The Kier molecular flexibility index (Phi) is 11.8. The van der Waals surface area contributed by atoms with E-state index in [0.29, 0.717) is 5.92 Å². The van der Waals surface area contributed by atoms with Gasteiger partial charge in [0.15, 0.2) is 5.96 Å². The second-order valence-electron chi connectivity index (χ2n) is 9.54. The summed E-state index contributed by atoms with van der Waals surface area (Å²) in [5.74, 6) is 1.60. The van der Waals surface area contributed by atoms with E-state index in [0.717, 1.165) is 58.0 Å². The Balaban J connectivity index is 0.00000450. The quantitative estimate of drug-likeness (QED) is 0.218. The Hall–Kier alpha value is -0.770. The van der Waals surface area contributed by atoms with Crippen LogP contribution in [0, 0.1) is 5.92 Å². The molecule has 0 radical (unpaired) electrons. The second-order valence-corrected chi connectivity index (χ2v) is 9.54. The number of hydrogen-bond donors (Lipinski definition) is 1. The molecule has 1 amide bonds. The Morgan fingerprint density at radius 1 is 1.20 bits per heavy atom. The van der Waals surface area contributed by atoms with Gasteiger partial charge in [-0.15, -0.1) is 24.0 Å². The molecule has 0 aromatic heterocycles. The number of carbonyl (C=O) groups is 1. The molecule has 8 heteroatoms. The van der Waals surface area contributed by atoms with Crippen LogP contribution in [0.15, 0.2) is 4.99 Å². The van der Waals surface area contributed by atoms with Gasteiger partial charge in [-0.25, -0.2) is 4.79 Å². The maximum absolute atomic E-state index is 12.8. The number of nitrogens with zero attached hydrogens (tertiary/aromatic N) is 3. The van der Waals surface area contributed by atoms with E-state index < -0.39 is 5.60 Å². The maximum Gasteiger partial charge on any atom is 0.410 e. The number of halogens is 1. The number of piperidine rings is 1. The lowest BCUT2D eigenvalue weighted by atomic mass is 10.0. The highest BCUT2D eigenvalue weighted by Crippen LogP contribution is 2.32. The lowest BCUT2D eigenvalue weighted by molar-refractivity contribution is 0.00928. The van der Waals surface area contributed by atoms with Crippen LogP contribution in [0.4, 0.5) is 4.79 Å². The molecule has 2 aliphatic rings. The van der Waals surface area contributed by atoms with E-state index >= 15 is 0 Å². The molecule has 0 unspecified atom stereocenters. The molecule has 0 spiro atoms. The highest BCUT2D eigenvalue weighted by atomic mass is 127. The van der Waals surface area contributed by atoms with Crippen molar-refractivity contribution in [3.8, 4) is 0 Å². The Morgan fingerprint density at radius 3 is 2.33 bits per heavy atom. The Morgan fingerprint density at radius 2 is 1.83 bits per heavy atom. The number of rotatable bonds is 8. The molecule has 30 heavy (non-hydrogen) atoms. The minimum Gasteiger partial charge on any atom is -0.444 e. The Labute approximate surface area is 200 Å². The van der Waals surface area contributed by atoms with Gasteiger partial charge in [-0.05, 0) is 72.6 Å². The van der Waals surface area contributed by atoms with Gasteiger partial charge < -0.3 is 24.6 Å². The first kappa shape index (κ1) is 27.3. The fourth-order valence-corrected chi connectivity index (χ4v) is 3.58. The highest BCUT2D eigenvalue weighted by molar-refractivity contribution is 14.0. The van der Waals surface area contributed by atoms with Crippen LogP contribution < -0.4 is 5.32 Å². The lowest BCUT2D eigenvalue weighted by Crippen LogP contribution is -2.52. The van der Waals surface area contributed by atoms with E-state index in [1.54, 1.807) is 0 Å². The van der Waals surface area contributed by atoms with Gasteiger partial charge in [-0.3, -0.25) is 4.99 Å². The monoisotopic (exact) mass is 538 g/mol. The molecule has 0 aromatic rings. The summed E-state index contributed by atoms with van der Waals surface area (Å²) in [5.41, 5.74) is -0.454. The molecule has 7 nitrogen and oxygen atoms in total. The predicted octanol–water partition coefficient (Wildman–Crippen LogP) is 4.11. The fraction of sp³-hybridized carbons (Fsp3) is 0.909. The van der Waals surface area contributed by atoms with Crippen LogP contribution in [0.2, 0.25) is 0 Å². The summed E-state index contributed by atoms with van der Waals surface area (Å²) < 4.78 is 11.3. The molecule has 2 fully saturated rings. The fourth-order valence-electron chi connectivity index (χ4n) is 3.58. The molecule has 0 atom stereocenters. The summed E-state index contributed by atoms with van der Waals surface area (Å²) in [6.07, 6.45) is 5.44. The van der Waals surface area contributed by atoms with Crippen molar-refractivity contribution in [3.63, 3.8) is 0 Å². The first-order valence-corrected chi connectivity index (χ1v) is 11.3. The van der Waals surface area contributed by atoms with E-state index in [4.69, 9.17) is 9.47 Å². The van der Waals surface area contributed by atoms with Crippen molar-refractivity contribution < 1.29 is 14.3 Å². The third kappa shape index (κ3) is 10.0. The van der Waals surface area contributed by atoms with Crippen molar-refractivity contribution in [1.82, 2.24) is 15.1 Å². The summed E-state index contributed by atoms with van der Waals surface area (Å²) >= 11 is 0. The Bertz CT molecular complexity index is 539. The summed E-state index contributed by atoms with van der Waals surface area (Å²) in [4.78, 5) is 21.5. The van der Waals surface area contributed by atoms with Crippen LogP contribution in [-0.2, 0) is 9.47 Å². The van der Waals surface area contributed by atoms with Gasteiger partial charge in [0, 0.05) is 45.9 Å². The largest absolute Gasteiger partial charge is 0.444 e. The maximum atomic E-state index is 12.8. The van der Waals surface area contributed by atoms with Crippen LogP contribution in [0.1, 0.15) is 66.7 Å². The molecule has 1 saturated heterocycles. The van der Waals surface area contributed by atoms with E-state index in [9.17, 15) is 4.79 Å². The normalized spacial score (nSPS) is 18.2. The summed E-state index contributed by atoms with van der Waals surface area (Å²) in [6.45, 7) is 14.2.